The number of carbonyl (C=O) groups is 1. The summed E-state index contributed by atoms with van der Waals surface area (Å²) < 4.78 is 5.25. The maximum atomic E-state index is 12.8. The number of carbonyl (C=O) groups excluding carboxylic acids is 1. The van der Waals surface area contributed by atoms with Gasteiger partial charge in [-0.3, -0.25) is 9.69 Å². The fourth-order valence-corrected chi connectivity index (χ4v) is 4.47. The van der Waals surface area contributed by atoms with Gasteiger partial charge in [-0.2, -0.15) is 0 Å². The molecule has 1 amide bonds. The van der Waals surface area contributed by atoms with Gasteiger partial charge in [-0.15, -0.1) is 0 Å². The van der Waals surface area contributed by atoms with E-state index in [1.807, 2.05) is 13.8 Å². The molecule has 3 aliphatic rings. The zero-order valence-corrected chi connectivity index (χ0v) is 14.8. The van der Waals surface area contributed by atoms with Crippen LogP contribution in [0.15, 0.2) is 4.52 Å². The van der Waals surface area contributed by atoms with E-state index in [9.17, 15) is 4.79 Å². The fraction of sp³-hybridized carbons (Fsp3) is 0.778. The predicted molar refractivity (Wildman–Crippen MR) is 90.5 cm³/mol. The smallest absolute Gasteiger partial charge is 0.226 e. The lowest BCUT2D eigenvalue weighted by atomic mass is 9.91. The Bertz CT molecular complexity index is 593. The third kappa shape index (κ3) is 2.86. The second kappa shape index (κ2) is 6.15. The van der Waals surface area contributed by atoms with E-state index in [4.69, 9.17) is 4.52 Å². The summed E-state index contributed by atoms with van der Waals surface area (Å²) in [6, 6.07) is 0. The molecule has 1 spiro atoms. The molecule has 2 aliphatic heterocycles. The summed E-state index contributed by atoms with van der Waals surface area (Å²) in [7, 11) is 0. The van der Waals surface area contributed by atoms with Crippen molar-refractivity contribution in [2.45, 2.75) is 39.7 Å². The first-order chi connectivity index (χ1) is 11.6. The van der Waals surface area contributed by atoms with Crippen molar-refractivity contribution in [1.82, 2.24) is 20.3 Å². The van der Waals surface area contributed by atoms with Crippen LogP contribution in [-0.2, 0) is 11.3 Å². The normalized spacial score (nSPS) is 26.8. The fourth-order valence-electron chi connectivity index (χ4n) is 4.47. The minimum Gasteiger partial charge on any atom is -0.361 e. The molecule has 6 nitrogen and oxygen atoms in total. The van der Waals surface area contributed by atoms with Gasteiger partial charge in [0.15, 0.2) is 0 Å². The Balaban J connectivity index is 1.29. The van der Waals surface area contributed by atoms with Crippen molar-refractivity contribution in [1.29, 1.82) is 0 Å². The lowest BCUT2D eigenvalue weighted by Crippen LogP contribution is -2.49. The molecule has 2 saturated heterocycles. The Kier molecular flexibility index (Phi) is 4.12. The minimum atomic E-state index is 0.300. The number of hydrogen-bond acceptors (Lipinski definition) is 5. The largest absolute Gasteiger partial charge is 0.361 e. The van der Waals surface area contributed by atoms with Gasteiger partial charge >= 0.3 is 0 Å². The van der Waals surface area contributed by atoms with E-state index in [2.05, 4.69) is 20.3 Å². The first kappa shape index (κ1) is 16.1. The highest BCUT2D eigenvalue weighted by Gasteiger charge is 2.58. The lowest BCUT2D eigenvalue weighted by Gasteiger charge is -2.35. The molecule has 3 heterocycles. The average Bonchev–Trinajstić information content (AvgIpc) is 3.20. The van der Waals surface area contributed by atoms with Crippen LogP contribution in [0.5, 0.6) is 0 Å². The second-order valence-electron chi connectivity index (χ2n) is 7.77. The molecule has 0 bridgehead atoms. The molecule has 0 aromatic carbocycles. The summed E-state index contributed by atoms with van der Waals surface area (Å²) in [5, 5.41) is 7.44. The molecule has 6 heteroatoms. The maximum absolute atomic E-state index is 12.8. The van der Waals surface area contributed by atoms with Gasteiger partial charge in [-0.1, -0.05) is 5.16 Å². The molecule has 1 aromatic rings. The Morgan fingerprint density at radius 2 is 1.96 bits per heavy atom. The van der Waals surface area contributed by atoms with Gasteiger partial charge in [0.2, 0.25) is 5.91 Å². The standard InChI is InChI=1S/C18H28N4O2/c1-13-15(14(2)24-20-13)12-21-7-9-22(10-8-21)17(23)16-11-18(16)3-5-19-6-4-18/h16,19H,3-12H2,1-2H3/t16-/m0/s1. The Morgan fingerprint density at radius 1 is 1.25 bits per heavy atom. The van der Waals surface area contributed by atoms with E-state index in [1.54, 1.807) is 0 Å². The van der Waals surface area contributed by atoms with Crippen LogP contribution in [0.3, 0.4) is 0 Å². The van der Waals surface area contributed by atoms with Crippen LogP contribution in [0.4, 0.5) is 0 Å². The molecule has 3 fully saturated rings. The number of nitrogens with one attached hydrogen (secondary N) is 1. The van der Waals surface area contributed by atoms with Crippen LogP contribution >= 0.6 is 0 Å². The van der Waals surface area contributed by atoms with Crippen LogP contribution in [-0.4, -0.2) is 60.1 Å². The summed E-state index contributed by atoms with van der Waals surface area (Å²) in [4.78, 5) is 17.3. The number of amides is 1. The molecule has 1 saturated carbocycles. The van der Waals surface area contributed by atoms with Crippen LogP contribution in [0, 0.1) is 25.2 Å². The van der Waals surface area contributed by atoms with Crippen molar-refractivity contribution in [2.24, 2.45) is 11.3 Å². The van der Waals surface area contributed by atoms with Gasteiger partial charge in [-0.05, 0) is 51.6 Å². The van der Waals surface area contributed by atoms with E-state index in [0.717, 1.165) is 63.7 Å². The first-order valence-electron chi connectivity index (χ1n) is 9.23. The number of piperidine rings is 1. The van der Waals surface area contributed by atoms with Crippen molar-refractivity contribution < 1.29 is 9.32 Å². The summed E-state index contributed by atoms with van der Waals surface area (Å²) >= 11 is 0. The van der Waals surface area contributed by atoms with E-state index in [1.165, 1.54) is 18.4 Å². The Morgan fingerprint density at radius 3 is 2.58 bits per heavy atom. The summed E-state index contributed by atoms with van der Waals surface area (Å²) in [5.74, 6) is 1.62. The van der Waals surface area contributed by atoms with E-state index in [0.29, 0.717) is 17.2 Å². The Labute approximate surface area is 143 Å². The van der Waals surface area contributed by atoms with Gasteiger partial charge < -0.3 is 14.7 Å². The molecular weight excluding hydrogens is 304 g/mol. The number of aryl methyl sites for hydroxylation is 2. The first-order valence-corrected chi connectivity index (χ1v) is 9.23. The third-order valence-corrected chi connectivity index (χ3v) is 6.33. The molecule has 1 aliphatic carbocycles. The van der Waals surface area contributed by atoms with Gasteiger partial charge in [0.25, 0.3) is 0 Å². The molecule has 1 aromatic heterocycles. The number of aromatic nitrogens is 1. The van der Waals surface area contributed by atoms with Crippen LogP contribution in [0.2, 0.25) is 0 Å². The summed E-state index contributed by atoms with van der Waals surface area (Å²) in [6.07, 6.45) is 3.47. The zero-order valence-electron chi connectivity index (χ0n) is 14.8. The predicted octanol–water partition coefficient (Wildman–Crippen LogP) is 1.33. The monoisotopic (exact) mass is 332 g/mol. The van der Waals surface area contributed by atoms with Crippen LogP contribution < -0.4 is 5.32 Å². The minimum absolute atomic E-state index is 0.300. The van der Waals surface area contributed by atoms with Crippen molar-refractivity contribution in [3.8, 4) is 0 Å². The maximum Gasteiger partial charge on any atom is 0.226 e. The molecule has 24 heavy (non-hydrogen) atoms. The highest BCUT2D eigenvalue weighted by Crippen LogP contribution is 2.59. The van der Waals surface area contributed by atoms with E-state index >= 15 is 0 Å². The van der Waals surface area contributed by atoms with Crippen molar-refractivity contribution in [3.63, 3.8) is 0 Å². The topological polar surface area (TPSA) is 61.6 Å². The summed E-state index contributed by atoms with van der Waals surface area (Å²) in [5.41, 5.74) is 2.53. The SMILES string of the molecule is Cc1noc(C)c1CN1CCN(C(=O)[C@@H]2CC23CCNCC3)CC1. The highest BCUT2D eigenvalue weighted by atomic mass is 16.5. The lowest BCUT2D eigenvalue weighted by molar-refractivity contribution is -0.135. The molecular formula is C18H28N4O2. The van der Waals surface area contributed by atoms with Crippen molar-refractivity contribution in [3.05, 3.63) is 17.0 Å². The molecule has 1 atom stereocenters. The third-order valence-electron chi connectivity index (χ3n) is 6.33. The van der Waals surface area contributed by atoms with E-state index in [-0.39, 0.29) is 0 Å². The van der Waals surface area contributed by atoms with Gasteiger partial charge in [0, 0.05) is 44.2 Å². The zero-order chi connectivity index (χ0) is 16.7. The average molecular weight is 332 g/mol. The van der Waals surface area contributed by atoms with Gasteiger partial charge in [0.05, 0.1) is 5.69 Å². The van der Waals surface area contributed by atoms with Crippen molar-refractivity contribution >= 4 is 5.91 Å². The van der Waals surface area contributed by atoms with E-state index < -0.39 is 0 Å². The van der Waals surface area contributed by atoms with Crippen molar-refractivity contribution in [2.75, 3.05) is 39.3 Å². The Hall–Kier alpha value is -1.40. The van der Waals surface area contributed by atoms with Crippen LogP contribution in [0.25, 0.3) is 0 Å². The summed E-state index contributed by atoms with van der Waals surface area (Å²) in [6.45, 7) is 10.6. The van der Waals surface area contributed by atoms with Gasteiger partial charge in [0.1, 0.15) is 5.76 Å². The molecule has 0 radical (unpaired) electrons. The van der Waals surface area contributed by atoms with Gasteiger partial charge in [-0.25, -0.2) is 0 Å². The quantitative estimate of drug-likeness (QED) is 0.905. The number of nitrogens with zero attached hydrogens (tertiary/aromatic N) is 3. The highest BCUT2D eigenvalue weighted by molar-refractivity contribution is 5.83. The molecule has 1 N–H and O–H groups in total. The number of hydrogen-bond donors (Lipinski definition) is 1. The number of piperazine rings is 1. The second-order valence-corrected chi connectivity index (χ2v) is 7.77. The molecule has 4 rings (SSSR count). The van der Waals surface area contributed by atoms with Crippen LogP contribution in [0.1, 0.15) is 36.3 Å². The molecule has 0 unspecified atom stereocenters. The number of rotatable bonds is 3. The molecule has 132 valence electrons.